The SMILES string of the molecule is O=C(O)[C@@H]1c2ccccc2C[C@H]2CN(Cc3ccco3)C(=O)[C@@H]21. The summed E-state index contributed by atoms with van der Waals surface area (Å²) in [6.45, 7) is 0.990. The molecule has 0 bridgehead atoms. The highest BCUT2D eigenvalue weighted by Crippen LogP contribution is 2.44. The fraction of sp³-hybridized carbons (Fsp3) is 0.333. The number of furan rings is 1. The van der Waals surface area contributed by atoms with Crippen molar-refractivity contribution < 1.29 is 19.1 Å². The topological polar surface area (TPSA) is 70.8 Å². The summed E-state index contributed by atoms with van der Waals surface area (Å²) in [5.41, 5.74) is 1.84. The molecule has 0 unspecified atom stereocenters. The number of hydrogen-bond donors (Lipinski definition) is 1. The second kappa shape index (κ2) is 5.26. The van der Waals surface area contributed by atoms with Gasteiger partial charge < -0.3 is 14.4 Å². The zero-order chi connectivity index (χ0) is 16.0. The van der Waals surface area contributed by atoms with E-state index in [0.29, 0.717) is 13.1 Å². The lowest BCUT2D eigenvalue weighted by Crippen LogP contribution is -2.36. The number of carboxylic acid groups (broad SMARTS) is 1. The van der Waals surface area contributed by atoms with Gasteiger partial charge in [-0.15, -0.1) is 0 Å². The number of carbonyl (C=O) groups excluding carboxylic acids is 1. The van der Waals surface area contributed by atoms with Crippen LogP contribution in [-0.2, 0) is 22.6 Å². The van der Waals surface area contributed by atoms with Gasteiger partial charge in [0.1, 0.15) is 5.76 Å². The first-order chi connectivity index (χ1) is 11.1. The van der Waals surface area contributed by atoms with Crippen LogP contribution in [0.4, 0.5) is 0 Å². The number of amides is 1. The molecule has 2 aromatic rings. The van der Waals surface area contributed by atoms with E-state index in [1.54, 1.807) is 17.2 Å². The maximum atomic E-state index is 12.8. The number of likely N-dealkylation sites (tertiary alicyclic amines) is 1. The van der Waals surface area contributed by atoms with Gasteiger partial charge in [0.05, 0.1) is 24.6 Å². The number of benzene rings is 1. The summed E-state index contributed by atoms with van der Waals surface area (Å²) < 4.78 is 5.32. The average Bonchev–Trinajstić information content (AvgIpc) is 3.14. The predicted octanol–water partition coefficient (Wildman–Crippen LogP) is 2.28. The third-order valence-electron chi connectivity index (χ3n) is 4.98. The smallest absolute Gasteiger partial charge is 0.311 e. The maximum absolute atomic E-state index is 12.8. The minimum absolute atomic E-state index is 0.0495. The largest absolute Gasteiger partial charge is 0.481 e. The van der Waals surface area contributed by atoms with E-state index in [0.717, 1.165) is 23.3 Å². The van der Waals surface area contributed by atoms with Gasteiger partial charge in [0, 0.05) is 6.54 Å². The molecule has 1 aromatic carbocycles. The number of hydrogen-bond acceptors (Lipinski definition) is 3. The highest BCUT2D eigenvalue weighted by atomic mass is 16.4. The van der Waals surface area contributed by atoms with E-state index in [9.17, 15) is 14.7 Å². The van der Waals surface area contributed by atoms with E-state index in [-0.39, 0.29) is 11.8 Å². The molecule has 2 heterocycles. The lowest BCUT2D eigenvalue weighted by molar-refractivity contribution is -0.145. The Hall–Kier alpha value is -2.56. The van der Waals surface area contributed by atoms with Crippen LogP contribution in [0.15, 0.2) is 47.1 Å². The molecular formula is C18H17NO4. The van der Waals surface area contributed by atoms with Crippen LogP contribution in [0, 0.1) is 11.8 Å². The first kappa shape index (κ1) is 14.1. The van der Waals surface area contributed by atoms with Crippen LogP contribution >= 0.6 is 0 Å². The predicted molar refractivity (Wildman–Crippen MR) is 81.6 cm³/mol. The minimum Gasteiger partial charge on any atom is -0.481 e. The highest BCUT2D eigenvalue weighted by molar-refractivity contribution is 5.90. The third kappa shape index (κ3) is 2.23. The molecule has 5 nitrogen and oxygen atoms in total. The molecule has 1 amide bonds. The van der Waals surface area contributed by atoms with Gasteiger partial charge in [0.25, 0.3) is 0 Å². The second-order valence-electron chi connectivity index (χ2n) is 6.30. The van der Waals surface area contributed by atoms with Crippen LogP contribution in [0.1, 0.15) is 22.8 Å². The van der Waals surface area contributed by atoms with E-state index in [1.165, 1.54) is 0 Å². The molecule has 0 spiro atoms. The molecular weight excluding hydrogens is 294 g/mol. The molecule has 1 aromatic heterocycles. The van der Waals surface area contributed by atoms with E-state index in [2.05, 4.69) is 0 Å². The van der Waals surface area contributed by atoms with Crippen molar-refractivity contribution in [1.29, 1.82) is 0 Å². The van der Waals surface area contributed by atoms with Crippen molar-refractivity contribution in [2.75, 3.05) is 6.54 Å². The highest BCUT2D eigenvalue weighted by Gasteiger charge is 2.51. The Labute approximate surface area is 133 Å². The van der Waals surface area contributed by atoms with Crippen molar-refractivity contribution >= 4 is 11.9 Å². The quantitative estimate of drug-likeness (QED) is 0.944. The lowest BCUT2D eigenvalue weighted by atomic mass is 9.70. The van der Waals surface area contributed by atoms with Gasteiger partial charge in [-0.3, -0.25) is 9.59 Å². The molecule has 1 saturated heterocycles. The molecule has 5 heteroatoms. The molecule has 1 N–H and O–H groups in total. The molecule has 23 heavy (non-hydrogen) atoms. The van der Waals surface area contributed by atoms with Crippen LogP contribution < -0.4 is 0 Å². The summed E-state index contributed by atoms with van der Waals surface area (Å²) in [4.78, 5) is 26.4. The standard InChI is InChI=1S/C18H17NO4/c20-17-15-12(9-19(17)10-13-5-3-7-23-13)8-11-4-1-2-6-14(11)16(15)18(21)22/h1-7,12,15-16H,8-10H2,(H,21,22)/t12-,15-,16+/m0/s1. The zero-order valence-corrected chi connectivity index (χ0v) is 12.5. The molecule has 0 radical (unpaired) electrons. The van der Waals surface area contributed by atoms with Crippen LogP contribution in [0.25, 0.3) is 0 Å². The molecule has 3 atom stereocenters. The number of nitrogens with zero attached hydrogens (tertiary/aromatic N) is 1. The molecule has 2 aliphatic rings. The lowest BCUT2D eigenvalue weighted by Gasteiger charge is -2.31. The number of rotatable bonds is 3. The van der Waals surface area contributed by atoms with Gasteiger partial charge >= 0.3 is 5.97 Å². The Morgan fingerprint density at radius 2 is 2.09 bits per heavy atom. The van der Waals surface area contributed by atoms with E-state index in [4.69, 9.17) is 4.42 Å². The Morgan fingerprint density at radius 3 is 2.83 bits per heavy atom. The third-order valence-corrected chi connectivity index (χ3v) is 4.98. The maximum Gasteiger partial charge on any atom is 0.311 e. The van der Waals surface area contributed by atoms with Crippen LogP contribution in [0.2, 0.25) is 0 Å². The van der Waals surface area contributed by atoms with Crippen molar-refractivity contribution in [3.05, 3.63) is 59.5 Å². The molecule has 0 saturated carbocycles. The number of carbonyl (C=O) groups is 2. The van der Waals surface area contributed by atoms with Crippen molar-refractivity contribution in [2.45, 2.75) is 18.9 Å². The normalized spacial score (nSPS) is 26.0. The summed E-state index contributed by atoms with van der Waals surface area (Å²) in [5.74, 6) is -1.44. The fourth-order valence-electron chi connectivity index (χ4n) is 4.02. The van der Waals surface area contributed by atoms with Crippen molar-refractivity contribution in [1.82, 2.24) is 4.90 Å². The number of aliphatic carboxylic acids is 1. The summed E-state index contributed by atoms with van der Waals surface area (Å²) in [6.07, 6.45) is 2.34. The minimum atomic E-state index is -0.916. The van der Waals surface area contributed by atoms with Crippen LogP contribution in [0.3, 0.4) is 0 Å². The zero-order valence-electron chi connectivity index (χ0n) is 12.5. The summed E-state index contributed by atoms with van der Waals surface area (Å²) >= 11 is 0. The van der Waals surface area contributed by atoms with E-state index in [1.807, 2.05) is 30.3 Å². The number of fused-ring (bicyclic) bond motifs is 2. The van der Waals surface area contributed by atoms with Gasteiger partial charge in [0.15, 0.2) is 0 Å². The molecule has 1 aliphatic carbocycles. The van der Waals surface area contributed by atoms with E-state index >= 15 is 0 Å². The van der Waals surface area contributed by atoms with Crippen molar-refractivity contribution in [2.24, 2.45) is 11.8 Å². The van der Waals surface area contributed by atoms with Gasteiger partial charge in [-0.1, -0.05) is 24.3 Å². The average molecular weight is 311 g/mol. The Bertz CT molecular complexity index is 752. The number of carboxylic acids is 1. The van der Waals surface area contributed by atoms with Gasteiger partial charge in [-0.05, 0) is 35.6 Å². The summed E-state index contributed by atoms with van der Waals surface area (Å²) in [6, 6.07) is 11.2. The monoisotopic (exact) mass is 311 g/mol. The van der Waals surface area contributed by atoms with Crippen LogP contribution in [-0.4, -0.2) is 28.4 Å². The molecule has 1 aliphatic heterocycles. The summed E-state index contributed by atoms with van der Waals surface area (Å²) in [5, 5.41) is 9.70. The van der Waals surface area contributed by atoms with Crippen LogP contribution in [0.5, 0.6) is 0 Å². The first-order valence-corrected chi connectivity index (χ1v) is 7.77. The molecule has 1 fully saturated rings. The Balaban J connectivity index is 1.67. The fourth-order valence-corrected chi connectivity index (χ4v) is 4.02. The van der Waals surface area contributed by atoms with E-state index < -0.39 is 17.8 Å². The summed E-state index contributed by atoms with van der Waals surface area (Å²) in [7, 11) is 0. The van der Waals surface area contributed by atoms with Crippen molar-refractivity contribution in [3.63, 3.8) is 0 Å². The van der Waals surface area contributed by atoms with Crippen molar-refractivity contribution in [3.8, 4) is 0 Å². The Morgan fingerprint density at radius 1 is 1.26 bits per heavy atom. The Kier molecular flexibility index (Phi) is 3.22. The second-order valence-corrected chi connectivity index (χ2v) is 6.30. The molecule has 118 valence electrons. The first-order valence-electron chi connectivity index (χ1n) is 7.77. The van der Waals surface area contributed by atoms with Gasteiger partial charge in [0.2, 0.25) is 5.91 Å². The van der Waals surface area contributed by atoms with Gasteiger partial charge in [-0.25, -0.2) is 0 Å². The molecule has 4 rings (SSSR count). The van der Waals surface area contributed by atoms with Gasteiger partial charge in [-0.2, -0.15) is 0 Å².